The molecule has 8 nitrogen and oxygen atoms in total. The molecule has 0 aliphatic carbocycles. The molecule has 0 atom stereocenters. The monoisotopic (exact) mass is 418 g/mol. The topological polar surface area (TPSA) is 88.0 Å². The number of carbonyl (C=O) groups is 2. The summed E-state index contributed by atoms with van der Waals surface area (Å²) in [6.07, 6.45) is 0. The molecule has 2 heterocycles. The third-order valence-corrected chi connectivity index (χ3v) is 5.36. The summed E-state index contributed by atoms with van der Waals surface area (Å²) in [5.41, 5.74) is 1.13. The highest BCUT2D eigenvalue weighted by molar-refractivity contribution is 7.16. The van der Waals surface area contributed by atoms with Crippen LogP contribution in [-0.2, 0) is 22.6 Å². The molecule has 3 aromatic rings. The van der Waals surface area contributed by atoms with Crippen molar-refractivity contribution in [3.05, 3.63) is 40.9 Å². The molecule has 3 rings (SSSR count). The van der Waals surface area contributed by atoms with Gasteiger partial charge in [0.15, 0.2) is 11.5 Å². The Bertz CT molecular complexity index is 1010. The summed E-state index contributed by atoms with van der Waals surface area (Å²) in [5.74, 6) is 0.783. The maximum Gasteiger partial charge on any atom is 0.354 e. The number of fused-ring (bicyclic) bond motifs is 1. The molecule has 0 aliphatic heterocycles. The lowest BCUT2D eigenvalue weighted by molar-refractivity contribution is -0.121. The van der Waals surface area contributed by atoms with Crippen LogP contribution in [0.3, 0.4) is 0 Å². The van der Waals surface area contributed by atoms with Crippen molar-refractivity contribution in [1.82, 2.24) is 9.88 Å². The summed E-state index contributed by atoms with van der Waals surface area (Å²) in [5, 5.41) is 5.67. The van der Waals surface area contributed by atoms with Crippen molar-refractivity contribution in [2.45, 2.75) is 13.1 Å². The van der Waals surface area contributed by atoms with E-state index >= 15 is 0 Å². The third kappa shape index (κ3) is 4.14. The van der Waals surface area contributed by atoms with Crippen LogP contribution in [-0.4, -0.2) is 44.9 Å². The minimum absolute atomic E-state index is 0.00112. The van der Waals surface area contributed by atoms with E-state index in [2.05, 4.69) is 5.32 Å². The smallest absolute Gasteiger partial charge is 0.354 e. The number of thiophene rings is 1. The van der Waals surface area contributed by atoms with Crippen molar-refractivity contribution in [2.24, 2.45) is 0 Å². The van der Waals surface area contributed by atoms with Gasteiger partial charge in [-0.2, -0.15) is 0 Å². The molecule has 0 spiro atoms. The molecule has 0 bridgehead atoms. The van der Waals surface area contributed by atoms with Gasteiger partial charge in [-0.25, -0.2) is 4.79 Å². The Kier molecular flexibility index (Phi) is 6.28. The quantitative estimate of drug-likeness (QED) is 0.566. The molecule has 0 saturated carbocycles. The molecule has 0 radical (unpaired) electrons. The number of benzene rings is 1. The molecular weight excluding hydrogens is 396 g/mol. The zero-order valence-electron chi connectivity index (χ0n) is 16.6. The Hall–Kier alpha value is -3.20. The van der Waals surface area contributed by atoms with Crippen LogP contribution < -0.4 is 19.5 Å². The highest BCUT2D eigenvalue weighted by atomic mass is 32.1. The van der Waals surface area contributed by atoms with Gasteiger partial charge in [0, 0.05) is 11.9 Å². The number of hydrogen-bond donors (Lipinski definition) is 1. The highest BCUT2D eigenvalue weighted by Crippen LogP contribution is 2.38. The van der Waals surface area contributed by atoms with Crippen molar-refractivity contribution in [1.29, 1.82) is 0 Å². The molecule has 9 heteroatoms. The molecule has 0 fully saturated rings. The second kappa shape index (κ2) is 8.87. The van der Waals surface area contributed by atoms with Gasteiger partial charge in [-0.3, -0.25) is 4.79 Å². The van der Waals surface area contributed by atoms with Gasteiger partial charge < -0.3 is 28.8 Å². The second-order valence-electron chi connectivity index (χ2n) is 6.10. The van der Waals surface area contributed by atoms with E-state index < -0.39 is 5.97 Å². The van der Waals surface area contributed by atoms with Crippen LogP contribution in [0.5, 0.6) is 17.2 Å². The first kappa shape index (κ1) is 20.5. The first-order chi connectivity index (χ1) is 14.0. The fourth-order valence-corrected chi connectivity index (χ4v) is 3.94. The molecular formula is C20H22N2O6S. The maximum absolute atomic E-state index is 12.6. The van der Waals surface area contributed by atoms with E-state index in [9.17, 15) is 9.59 Å². The molecule has 0 unspecified atom stereocenters. The van der Waals surface area contributed by atoms with E-state index in [4.69, 9.17) is 18.9 Å². The van der Waals surface area contributed by atoms with E-state index in [1.165, 1.54) is 39.8 Å². The normalized spacial score (nSPS) is 10.6. The number of ether oxygens (including phenoxy) is 4. The van der Waals surface area contributed by atoms with Crippen LogP contribution in [0, 0.1) is 0 Å². The Morgan fingerprint density at radius 3 is 2.31 bits per heavy atom. The molecule has 29 heavy (non-hydrogen) atoms. The lowest BCUT2D eigenvalue weighted by atomic mass is 10.1. The average molecular weight is 418 g/mol. The molecule has 0 saturated heterocycles. The van der Waals surface area contributed by atoms with Gasteiger partial charge >= 0.3 is 5.97 Å². The molecule has 2 aromatic heterocycles. The fourth-order valence-electron chi connectivity index (χ4n) is 3.04. The molecule has 0 aliphatic rings. The van der Waals surface area contributed by atoms with Crippen LogP contribution in [0.4, 0.5) is 0 Å². The van der Waals surface area contributed by atoms with Gasteiger partial charge in [-0.1, -0.05) is 0 Å². The van der Waals surface area contributed by atoms with Crippen LogP contribution in [0.1, 0.15) is 16.1 Å². The number of hydrogen-bond acceptors (Lipinski definition) is 7. The number of nitrogens with zero attached hydrogens (tertiary/aromatic N) is 1. The van der Waals surface area contributed by atoms with Gasteiger partial charge in [0.05, 0.1) is 28.4 Å². The van der Waals surface area contributed by atoms with Crippen molar-refractivity contribution in [3.8, 4) is 17.2 Å². The van der Waals surface area contributed by atoms with Crippen molar-refractivity contribution in [3.63, 3.8) is 0 Å². The van der Waals surface area contributed by atoms with E-state index in [1.807, 2.05) is 11.4 Å². The largest absolute Gasteiger partial charge is 0.493 e. The highest BCUT2D eigenvalue weighted by Gasteiger charge is 2.19. The maximum atomic E-state index is 12.6. The predicted octanol–water partition coefficient (Wildman–Crippen LogP) is 2.83. The van der Waals surface area contributed by atoms with E-state index in [0.717, 1.165) is 15.8 Å². The fraction of sp³-hybridized carbons (Fsp3) is 0.300. The van der Waals surface area contributed by atoms with Gasteiger partial charge in [0.2, 0.25) is 11.7 Å². The minimum Gasteiger partial charge on any atom is -0.493 e. The summed E-state index contributed by atoms with van der Waals surface area (Å²) < 4.78 is 22.5. The number of esters is 1. The van der Waals surface area contributed by atoms with Gasteiger partial charge in [-0.15, -0.1) is 11.3 Å². The number of methoxy groups -OCH3 is 4. The summed E-state index contributed by atoms with van der Waals surface area (Å²) in [7, 11) is 5.92. The SMILES string of the molecule is COC(=O)c1cc2ccsc2n1CC(=O)NCc1cc(OC)c(OC)c(OC)c1. The Balaban J connectivity index is 1.77. The number of nitrogens with one attached hydrogen (secondary N) is 1. The van der Waals surface area contributed by atoms with Crippen LogP contribution >= 0.6 is 11.3 Å². The molecule has 1 N–H and O–H groups in total. The minimum atomic E-state index is -0.481. The molecule has 1 aromatic carbocycles. The molecule has 154 valence electrons. The standard InChI is InChI=1S/C20H22N2O6S/c1-25-15-7-12(8-16(26-2)18(15)27-3)10-21-17(23)11-22-14(20(24)28-4)9-13-5-6-29-19(13)22/h5-9H,10-11H2,1-4H3,(H,21,23). The van der Waals surface area contributed by atoms with E-state index in [1.54, 1.807) is 22.8 Å². The Morgan fingerprint density at radius 1 is 1.03 bits per heavy atom. The van der Waals surface area contributed by atoms with Gasteiger partial charge in [0.1, 0.15) is 17.1 Å². The predicted molar refractivity (Wildman–Crippen MR) is 109 cm³/mol. The van der Waals surface area contributed by atoms with Crippen LogP contribution in [0.2, 0.25) is 0 Å². The van der Waals surface area contributed by atoms with Crippen LogP contribution in [0.15, 0.2) is 29.6 Å². The average Bonchev–Trinajstić information content (AvgIpc) is 3.33. The Morgan fingerprint density at radius 2 is 1.72 bits per heavy atom. The number of aromatic nitrogens is 1. The van der Waals surface area contributed by atoms with E-state index in [0.29, 0.717) is 22.9 Å². The summed E-state index contributed by atoms with van der Waals surface area (Å²) in [6, 6.07) is 7.17. The molecule has 1 amide bonds. The first-order valence-corrected chi connectivity index (χ1v) is 9.61. The van der Waals surface area contributed by atoms with Crippen molar-refractivity contribution < 1.29 is 28.5 Å². The number of carbonyl (C=O) groups excluding carboxylic acids is 2. The van der Waals surface area contributed by atoms with E-state index in [-0.39, 0.29) is 19.0 Å². The van der Waals surface area contributed by atoms with Gasteiger partial charge in [0.25, 0.3) is 0 Å². The summed E-state index contributed by atoms with van der Waals surface area (Å²) in [4.78, 5) is 25.5. The third-order valence-electron chi connectivity index (χ3n) is 4.41. The summed E-state index contributed by atoms with van der Waals surface area (Å²) >= 11 is 1.46. The first-order valence-electron chi connectivity index (χ1n) is 8.73. The number of rotatable bonds is 8. The van der Waals surface area contributed by atoms with Crippen molar-refractivity contribution >= 4 is 33.4 Å². The van der Waals surface area contributed by atoms with Crippen LogP contribution in [0.25, 0.3) is 10.2 Å². The Labute approximate surface area is 171 Å². The zero-order valence-corrected chi connectivity index (χ0v) is 17.4. The van der Waals surface area contributed by atoms with Gasteiger partial charge in [-0.05, 0) is 35.2 Å². The lowest BCUT2D eigenvalue weighted by Crippen LogP contribution is -2.28. The number of amides is 1. The van der Waals surface area contributed by atoms with Crippen molar-refractivity contribution in [2.75, 3.05) is 28.4 Å². The summed E-state index contributed by atoms with van der Waals surface area (Å²) in [6.45, 7) is 0.261. The lowest BCUT2D eigenvalue weighted by Gasteiger charge is -2.15. The second-order valence-corrected chi connectivity index (χ2v) is 6.99. The zero-order chi connectivity index (χ0) is 21.0.